The summed E-state index contributed by atoms with van der Waals surface area (Å²) in [6.07, 6.45) is 13.3. The second-order valence-corrected chi connectivity index (χ2v) is 9.42. The molecule has 28 heavy (non-hydrogen) atoms. The molecule has 0 bridgehead atoms. The van der Waals surface area contributed by atoms with Gasteiger partial charge in [0.15, 0.2) is 0 Å². The maximum absolute atomic E-state index is 11.0. The molecular formula is C22H40N2O3S. The van der Waals surface area contributed by atoms with E-state index in [4.69, 9.17) is 10.3 Å². The molecule has 0 amide bonds. The molecule has 0 atom stereocenters. The summed E-state index contributed by atoms with van der Waals surface area (Å²) >= 11 is 0. The van der Waals surface area contributed by atoms with Crippen LogP contribution in [0, 0.1) is 6.92 Å². The second-order valence-electron chi connectivity index (χ2n) is 7.85. The van der Waals surface area contributed by atoms with Crippen LogP contribution in [0.25, 0.3) is 0 Å². The van der Waals surface area contributed by atoms with Gasteiger partial charge in [0, 0.05) is 24.5 Å². The summed E-state index contributed by atoms with van der Waals surface area (Å²) in [5.74, 6) is -0.199. The molecule has 3 N–H and O–H groups in total. The first-order valence-corrected chi connectivity index (χ1v) is 12.5. The van der Waals surface area contributed by atoms with Gasteiger partial charge in [-0.2, -0.15) is 8.42 Å². The lowest BCUT2D eigenvalue weighted by Gasteiger charge is -2.25. The second kappa shape index (κ2) is 13.8. The molecule has 1 rings (SSSR count). The Hall–Kier alpha value is -1.27. The summed E-state index contributed by atoms with van der Waals surface area (Å²) < 4.78 is 31.0. The first-order chi connectivity index (χ1) is 13.3. The maximum atomic E-state index is 11.0. The van der Waals surface area contributed by atoms with E-state index >= 15 is 0 Å². The van der Waals surface area contributed by atoms with E-state index in [1.54, 1.807) is 0 Å². The third-order valence-corrected chi connectivity index (χ3v) is 6.04. The Morgan fingerprint density at radius 1 is 0.893 bits per heavy atom. The van der Waals surface area contributed by atoms with E-state index in [-0.39, 0.29) is 5.75 Å². The largest absolute Gasteiger partial charge is 0.399 e. The van der Waals surface area contributed by atoms with E-state index in [9.17, 15) is 8.42 Å². The van der Waals surface area contributed by atoms with Crippen molar-refractivity contribution in [2.24, 2.45) is 0 Å². The van der Waals surface area contributed by atoms with Crippen LogP contribution in [0.15, 0.2) is 18.2 Å². The molecule has 0 aliphatic rings. The van der Waals surface area contributed by atoms with Gasteiger partial charge in [-0.05, 0) is 43.5 Å². The molecule has 1 aromatic carbocycles. The van der Waals surface area contributed by atoms with Crippen molar-refractivity contribution in [1.82, 2.24) is 0 Å². The normalized spacial score (nSPS) is 11.7. The smallest absolute Gasteiger partial charge is 0.264 e. The highest BCUT2D eigenvalue weighted by Crippen LogP contribution is 2.22. The van der Waals surface area contributed by atoms with Crippen molar-refractivity contribution in [2.75, 3.05) is 29.5 Å². The zero-order valence-electron chi connectivity index (χ0n) is 17.8. The van der Waals surface area contributed by atoms with Crippen molar-refractivity contribution in [3.05, 3.63) is 23.8 Å². The lowest BCUT2D eigenvalue weighted by atomic mass is 10.1. The molecule has 0 fully saturated rings. The summed E-state index contributed by atoms with van der Waals surface area (Å²) in [6, 6.07) is 5.95. The Morgan fingerprint density at radius 3 is 1.96 bits per heavy atom. The Morgan fingerprint density at radius 2 is 1.43 bits per heavy atom. The van der Waals surface area contributed by atoms with Gasteiger partial charge in [0.2, 0.25) is 0 Å². The summed E-state index contributed by atoms with van der Waals surface area (Å²) in [5.41, 5.74) is 8.78. The number of aryl methyl sites for hydroxylation is 1. The zero-order valence-corrected chi connectivity index (χ0v) is 18.6. The molecule has 5 nitrogen and oxygen atoms in total. The van der Waals surface area contributed by atoms with Crippen LogP contribution in [-0.4, -0.2) is 31.8 Å². The highest BCUT2D eigenvalue weighted by atomic mass is 32.2. The number of nitrogens with two attached hydrogens (primary N) is 1. The van der Waals surface area contributed by atoms with Gasteiger partial charge in [-0.1, -0.05) is 64.7 Å². The van der Waals surface area contributed by atoms with Crippen molar-refractivity contribution in [3.8, 4) is 0 Å². The average molecular weight is 413 g/mol. The Kier molecular flexibility index (Phi) is 12.2. The Bertz CT molecular complexity index is 647. The maximum Gasteiger partial charge on any atom is 0.264 e. The third-order valence-electron chi connectivity index (χ3n) is 5.23. The van der Waals surface area contributed by atoms with Gasteiger partial charge in [0.1, 0.15) is 0 Å². The number of hydrogen-bond donors (Lipinski definition) is 2. The molecule has 0 aliphatic carbocycles. The van der Waals surface area contributed by atoms with Gasteiger partial charge in [0.05, 0.1) is 5.75 Å². The fraction of sp³-hybridized carbons (Fsp3) is 0.727. The van der Waals surface area contributed by atoms with E-state index in [1.165, 1.54) is 57.8 Å². The summed E-state index contributed by atoms with van der Waals surface area (Å²) in [7, 11) is -3.91. The molecule has 0 saturated heterocycles. The molecule has 0 unspecified atom stereocenters. The number of benzene rings is 1. The summed E-state index contributed by atoms with van der Waals surface area (Å²) in [4.78, 5) is 2.21. The molecule has 0 radical (unpaired) electrons. The first-order valence-electron chi connectivity index (χ1n) is 10.9. The van der Waals surface area contributed by atoms with Crippen molar-refractivity contribution in [3.63, 3.8) is 0 Å². The average Bonchev–Trinajstić information content (AvgIpc) is 2.63. The van der Waals surface area contributed by atoms with E-state index < -0.39 is 10.1 Å². The minimum atomic E-state index is -3.91. The van der Waals surface area contributed by atoms with Gasteiger partial charge in [-0.3, -0.25) is 4.55 Å². The van der Waals surface area contributed by atoms with E-state index in [0.29, 0.717) is 13.0 Å². The minimum absolute atomic E-state index is 0.199. The van der Waals surface area contributed by atoms with Crippen LogP contribution in [0.1, 0.15) is 83.1 Å². The van der Waals surface area contributed by atoms with Gasteiger partial charge in [0.25, 0.3) is 10.1 Å². The number of nitrogens with zero attached hydrogens (tertiary/aromatic N) is 1. The molecule has 162 valence electrons. The standard InChI is InChI=1S/C22H40N2O3S/c1-3-4-5-6-7-8-9-10-11-12-16-24(17-13-18-28(25,26)27)21-14-15-22(23)20(2)19-21/h14-15,19H,3-13,16-18,23H2,1-2H3,(H,25,26,27). The molecule has 0 spiro atoms. The number of hydrogen-bond acceptors (Lipinski definition) is 4. The van der Waals surface area contributed by atoms with Crippen LogP contribution in [0.5, 0.6) is 0 Å². The fourth-order valence-corrected chi connectivity index (χ4v) is 3.95. The van der Waals surface area contributed by atoms with Crippen molar-refractivity contribution >= 4 is 21.5 Å². The molecule has 0 saturated carbocycles. The van der Waals surface area contributed by atoms with Crippen LogP contribution >= 0.6 is 0 Å². The number of unbranched alkanes of at least 4 members (excludes halogenated alkanes) is 9. The van der Waals surface area contributed by atoms with E-state index in [0.717, 1.165) is 29.9 Å². The third kappa shape index (κ3) is 11.5. The number of anilines is 2. The van der Waals surface area contributed by atoms with Gasteiger partial charge in [-0.15, -0.1) is 0 Å². The predicted octanol–water partition coefficient (Wildman–Crippen LogP) is 5.58. The Balaban J connectivity index is 2.38. The van der Waals surface area contributed by atoms with Crippen molar-refractivity contribution in [2.45, 2.75) is 84.5 Å². The molecular weight excluding hydrogens is 372 g/mol. The summed E-state index contributed by atoms with van der Waals surface area (Å²) in [6.45, 7) is 5.74. The monoisotopic (exact) mass is 412 g/mol. The van der Waals surface area contributed by atoms with Crippen LogP contribution in [0.4, 0.5) is 11.4 Å². The van der Waals surface area contributed by atoms with Crippen molar-refractivity contribution < 1.29 is 13.0 Å². The van der Waals surface area contributed by atoms with E-state index in [2.05, 4.69) is 17.9 Å². The topological polar surface area (TPSA) is 83.6 Å². The lowest BCUT2D eigenvalue weighted by molar-refractivity contribution is 0.480. The molecule has 0 aromatic heterocycles. The predicted molar refractivity (Wildman–Crippen MR) is 121 cm³/mol. The van der Waals surface area contributed by atoms with Crippen LogP contribution in [0.3, 0.4) is 0 Å². The van der Waals surface area contributed by atoms with E-state index in [1.807, 2.05) is 19.1 Å². The quantitative estimate of drug-likeness (QED) is 0.210. The van der Waals surface area contributed by atoms with Gasteiger partial charge in [-0.25, -0.2) is 0 Å². The number of rotatable bonds is 16. The highest BCUT2D eigenvalue weighted by molar-refractivity contribution is 7.85. The first kappa shape index (κ1) is 24.8. The fourth-order valence-electron chi connectivity index (χ4n) is 3.45. The molecule has 0 heterocycles. The van der Waals surface area contributed by atoms with Crippen molar-refractivity contribution in [1.29, 1.82) is 0 Å². The number of nitrogen functional groups attached to an aromatic ring is 1. The molecule has 0 aliphatic heterocycles. The zero-order chi connectivity index (χ0) is 20.8. The van der Waals surface area contributed by atoms with Crippen LogP contribution < -0.4 is 10.6 Å². The van der Waals surface area contributed by atoms with Crippen LogP contribution in [-0.2, 0) is 10.1 Å². The molecule has 1 aromatic rings. The lowest BCUT2D eigenvalue weighted by Crippen LogP contribution is -2.27. The minimum Gasteiger partial charge on any atom is -0.399 e. The highest BCUT2D eigenvalue weighted by Gasteiger charge is 2.10. The summed E-state index contributed by atoms with van der Waals surface area (Å²) in [5, 5.41) is 0. The SMILES string of the molecule is CCCCCCCCCCCCN(CCCS(=O)(=O)O)c1ccc(N)c(C)c1. The van der Waals surface area contributed by atoms with Crippen LogP contribution in [0.2, 0.25) is 0 Å². The van der Waals surface area contributed by atoms with Gasteiger partial charge >= 0.3 is 0 Å². The Labute approximate surface area is 172 Å². The van der Waals surface area contributed by atoms with Gasteiger partial charge < -0.3 is 10.6 Å². The molecule has 6 heteroatoms.